The quantitative estimate of drug-likeness (QED) is 0.812. The van der Waals surface area contributed by atoms with Gasteiger partial charge in [-0.15, -0.1) is 0 Å². The predicted octanol–water partition coefficient (Wildman–Crippen LogP) is 3.82. The van der Waals surface area contributed by atoms with Crippen LogP contribution in [0.4, 0.5) is 17.1 Å². The van der Waals surface area contributed by atoms with Crippen LogP contribution in [0, 0.1) is 0 Å². The van der Waals surface area contributed by atoms with Gasteiger partial charge in [-0.1, -0.05) is 18.2 Å². The number of anilines is 3. The van der Waals surface area contributed by atoms with Gasteiger partial charge in [0.2, 0.25) is 0 Å². The summed E-state index contributed by atoms with van der Waals surface area (Å²) in [4.78, 5) is 0. The van der Waals surface area contributed by atoms with E-state index in [-0.39, 0.29) is 0 Å². The lowest BCUT2D eigenvalue weighted by molar-refractivity contribution is 0.415. The molecule has 1 heterocycles. The maximum Gasteiger partial charge on any atom is 0.120 e. The molecule has 0 amide bonds. The molecule has 17 heavy (non-hydrogen) atoms. The number of rotatable bonds is 2. The first-order valence-corrected chi connectivity index (χ1v) is 6.12. The Labute approximate surface area is 105 Å². The summed E-state index contributed by atoms with van der Waals surface area (Å²) in [5.41, 5.74) is 3.41. The second kappa shape index (κ2) is 4.22. The number of hydrogen-bond acceptors (Lipinski definition) is 4. The van der Waals surface area contributed by atoms with Gasteiger partial charge in [0.05, 0.1) is 36.3 Å². The zero-order chi connectivity index (χ0) is 11.7. The van der Waals surface area contributed by atoms with Crippen molar-refractivity contribution in [2.75, 3.05) is 16.1 Å². The van der Waals surface area contributed by atoms with Crippen molar-refractivity contribution in [1.82, 2.24) is 0 Å². The van der Waals surface area contributed by atoms with Crippen molar-refractivity contribution in [3.05, 3.63) is 48.5 Å². The van der Waals surface area contributed by atoms with Crippen molar-refractivity contribution in [2.24, 2.45) is 0 Å². The first-order chi connectivity index (χ1) is 8.38. The average Bonchev–Trinajstić information content (AvgIpc) is 2.82. The minimum Gasteiger partial charge on any atom is -0.497 e. The average molecular weight is 244 g/mol. The van der Waals surface area contributed by atoms with Gasteiger partial charge in [-0.2, -0.15) is 0 Å². The molecule has 1 aliphatic rings. The van der Waals surface area contributed by atoms with Gasteiger partial charge < -0.3 is 9.46 Å². The summed E-state index contributed by atoms with van der Waals surface area (Å²) in [5, 5.41) is 0. The molecule has 0 saturated carbocycles. The summed E-state index contributed by atoms with van der Waals surface area (Å²) >= 11 is 1.57. The van der Waals surface area contributed by atoms with Gasteiger partial charge in [0.15, 0.2) is 0 Å². The van der Waals surface area contributed by atoms with E-state index in [1.165, 1.54) is 5.69 Å². The van der Waals surface area contributed by atoms with Crippen molar-refractivity contribution in [1.29, 1.82) is 0 Å². The molecule has 3 rings (SSSR count). The van der Waals surface area contributed by atoms with E-state index < -0.39 is 0 Å². The number of para-hydroxylation sites is 2. The van der Waals surface area contributed by atoms with Crippen LogP contribution in [0.3, 0.4) is 0 Å². The molecule has 86 valence electrons. The molecule has 0 spiro atoms. The molecule has 2 aromatic carbocycles. The van der Waals surface area contributed by atoms with E-state index in [1.54, 1.807) is 19.2 Å². The lowest BCUT2D eigenvalue weighted by Crippen LogP contribution is -2.02. The third-order valence-electron chi connectivity index (χ3n) is 2.66. The standard InChI is InChI=1S/C13H12N2OS/c1-16-11-6-4-5-10(9-11)15-13-8-3-2-7-12(13)14-17-15/h2-9,14H,1H3. The van der Waals surface area contributed by atoms with Gasteiger partial charge in [-0.3, -0.25) is 4.31 Å². The van der Waals surface area contributed by atoms with Crippen LogP contribution in [0.5, 0.6) is 5.75 Å². The van der Waals surface area contributed by atoms with E-state index in [0.29, 0.717) is 0 Å². The van der Waals surface area contributed by atoms with Crippen molar-refractivity contribution in [3.63, 3.8) is 0 Å². The van der Waals surface area contributed by atoms with Crippen LogP contribution in [0.15, 0.2) is 48.5 Å². The fraction of sp³-hybridized carbons (Fsp3) is 0.0769. The first kappa shape index (κ1) is 10.4. The molecule has 0 atom stereocenters. The molecular weight excluding hydrogens is 232 g/mol. The summed E-state index contributed by atoms with van der Waals surface area (Å²) in [5.74, 6) is 0.868. The third kappa shape index (κ3) is 1.80. The van der Waals surface area contributed by atoms with Crippen molar-refractivity contribution in [3.8, 4) is 5.75 Å². The van der Waals surface area contributed by atoms with Crippen molar-refractivity contribution in [2.45, 2.75) is 0 Å². The van der Waals surface area contributed by atoms with Crippen LogP contribution < -0.4 is 13.8 Å². The summed E-state index contributed by atoms with van der Waals surface area (Å²) in [6, 6.07) is 16.3. The molecule has 1 aliphatic heterocycles. The topological polar surface area (TPSA) is 24.5 Å². The summed E-state index contributed by atoms with van der Waals surface area (Å²) in [7, 11) is 1.68. The van der Waals surface area contributed by atoms with Crippen LogP contribution >= 0.6 is 12.1 Å². The highest BCUT2D eigenvalue weighted by Gasteiger charge is 2.20. The number of methoxy groups -OCH3 is 1. The lowest BCUT2D eigenvalue weighted by Gasteiger charge is -2.16. The number of hydrogen-bond donors (Lipinski definition) is 1. The Morgan fingerprint density at radius 2 is 2.00 bits per heavy atom. The number of ether oxygens (including phenoxy) is 1. The van der Waals surface area contributed by atoms with E-state index in [9.17, 15) is 0 Å². The second-order valence-electron chi connectivity index (χ2n) is 3.71. The molecule has 2 aromatic rings. The van der Waals surface area contributed by atoms with Gasteiger partial charge in [0, 0.05) is 6.07 Å². The molecule has 3 nitrogen and oxygen atoms in total. The van der Waals surface area contributed by atoms with E-state index in [1.807, 2.05) is 30.3 Å². The van der Waals surface area contributed by atoms with Crippen molar-refractivity contribution < 1.29 is 4.74 Å². The van der Waals surface area contributed by atoms with Gasteiger partial charge >= 0.3 is 0 Å². The van der Waals surface area contributed by atoms with Gasteiger partial charge in [0.25, 0.3) is 0 Å². The molecule has 4 heteroatoms. The smallest absolute Gasteiger partial charge is 0.120 e. The van der Waals surface area contributed by atoms with Crippen LogP contribution in [0.1, 0.15) is 0 Å². The minimum absolute atomic E-state index is 0.868. The number of nitrogens with one attached hydrogen (secondary N) is 1. The van der Waals surface area contributed by atoms with Crippen LogP contribution in [0.25, 0.3) is 0 Å². The van der Waals surface area contributed by atoms with Crippen LogP contribution in [-0.4, -0.2) is 7.11 Å². The Morgan fingerprint density at radius 1 is 1.12 bits per heavy atom. The Kier molecular flexibility index (Phi) is 2.57. The Hall–Kier alpha value is -1.81. The zero-order valence-electron chi connectivity index (χ0n) is 9.38. The van der Waals surface area contributed by atoms with Gasteiger partial charge in [0.1, 0.15) is 5.75 Å². The van der Waals surface area contributed by atoms with Gasteiger partial charge in [-0.25, -0.2) is 0 Å². The second-order valence-corrected chi connectivity index (χ2v) is 4.46. The first-order valence-electron chi connectivity index (χ1n) is 5.35. The summed E-state index contributed by atoms with van der Waals surface area (Å²) in [6.45, 7) is 0. The van der Waals surface area contributed by atoms with Crippen LogP contribution in [0.2, 0.25) is 0 Å². The van der Waals surface area contributed by atoms with E-state index in [0.717, 1.165) is 17.1 Å². The maximum atomic E-state index is 5.25. The molecule has 0 aliphatic carbocycles. The molecule has 0 unspecified atom stereocenters. The highest BCUT2D eigenvalue weighted by molar-refractivity contribution is 8.02. The van der Waals surface area contributed by atoms with E-state index in [2.05, 4.69) is 27.2 Å². The summed E-state index contributed by atoms with van der Waals surface area (Å²) in [6.07, 6.45) is 0. The SMILES string of the molecule is COc1cccc(N2SNc3ccccc32)c1. The Morgan fingerprint density at radius 3 is 2.88 bits per heavy atom. The van der Waals surface area contributed by atoms with Gasteiger partial charge in [-0.05, 0) is 24.3 Å². The minimum atomic E-state index is 0.868. The molecule has 0 aromatic heterocycles. The molecular formula is C13H12N2OS. The number of nitrogens with zero attached hydrogens (tertiary/aromatic N) is 1. The lowest BCUT2D eigenvalue weighted by atomic mass is 10.2. The monoisotopic (exact) mass is 244 g/mol. The fourth-order valence-electron chi connectivity index (χ4n) is 1.81. The fourth-order valence-corrected chi connectivity index (χ4v) is 2.65. The maximum absolute atomic E-state index is 5.25. The highest BCUT2D eigenvalue weighted by atomic mass is 32.2. The van der Waals surface area contributed by atoms with Crippen LogP contribution in [-0.2, 0) is 0 Å². The Bertz CT molecular complexity index is 544. The number of fused-ring (bicyclic) bond motifs is 1. The zero-order valence-corrected chi connectivity index (χ0v) is 10.2. The van der Waals surface area contributed by atoms with E-state index >= 15 is 0 Å². The molecule has 1 N–H and O–H groups in total. The molecule has 0 radical (unpaired) electrons. The van der Waals surface area contributed by atoms with E-state index in [4.69, 9.17) is 4.74 Å². The number of benzene rings is 2. The Balaban J connectivity index is 2.01. The predicted molar refractivity (Wildman–Crippen MR) is 72.8 cm³/mol. The largest absolute Gasteiger partial charge is 0.497 e. The molecule has 0 bridgehead atoms. The van der Waals surface area contributed by atoms with Crippen molar-refractivity contribution >= 4 is 29.2 Å². The normalized spacial score (nSPS) is 13.1. The highest BCUT2D eigenvalue weighted by Crippen LogP contribution is 2.44. The molecule has 0 fully saturated rings. The third-order valence-corrected chi connectivity index (χ3v) is 3.56. The summed E-state index contributed by atoms with van der Waals surface area (Å²) < 4.78 is 10.7. The molecule has 0 saturated heterocycles.